The first-order valence-corrected chi connectivity index (χ1v) is 9.10. The van der Waals surface area contributed by atoms with Gasteiger partial charge in [-0.15, -0.1) is 0 Å². The Labute approximate surface area is 126 Å². The van der Waals surface area contributed by atoms with Crippen LogP contribution < -0.4 is 5.32 Å². The van der Waals surface area contributed by atoms with E-state index in [1.165, 1.54) is 0 Å². The summed E-state index contributed by atoms with van der Waals surface area (Å²) >= 11 is 5.94. The van der Waals surface area contributed by atoms with Crippen LogP contribution in [0.3, 0.4) is 0 Å². The third-order valence-electron chi connectivity index (χ3n) is 4.04. The lowest BCUT2D eigenvalue weighted by Crippen LogP contribution is -2.47. The molecule has 1 aromatic rings. The van der Waals surface area contributed by atoms with Crippen molar-refractivity contribution < 1.29 is 8.42 Å². The van der Waals surface area contributed by atoms with Crippen molar-refractivity contribution in [2.24, 2.45) is 5.92 Å². The molecule has 0 heterocycles. The van der Waals surface area contributed by atoms with Crippen LogP contribution in [-0.2, 0) is 9.84 Å². The van der Waals surface area contributed by atoms with Crippen LogP contribution in [0, 0.1) is 5.92 Å². The van der Waals surface area contributed by atoms with Crippen molar-refractivity contribution in [3.05, 3.63) is 29.3 Å². The van der Waals surface area contributed by atoms with Gasteiger partial charge in [0.2, 0.25) is 0 Å². The fourth-order valence-corrected chi connectivity index (χ4v) is 5.40. The van der Waals surface area contributed by atoms with Crippen molar-refractivity contribution in [2.45, 2.75) is 49.3 Å². The second-order valence-corrected chi connectivity index (χ2v) is 8.23. The summed E-state index contributed by atoms with van der Waals surface area (Å²) in [5.41, 5.74) is 0. The standard InChI is InChI=1S/C15H22ClNO2S/c1-3-17-14-8-7-11(2)9-15(14)20(18,19)13-6-4-5-12(16)10-13/h4-6,10-11,14-15,17H,3,7-9H2,1-2H3. The quantitative estimate of drug-likeness (QED) is 0.927. The van der Waals surface area contributed by atoms with Gasteiger partial charge < -0.3 is 5.32 Å². The molecule has 1 N–H and O–H groups in total. The molecule has 112 valence electrons. The molecule has 5 heteroatoms. The maximum atomic E-state index is 12.9. The molecule has 0 aliphatic heterocycles. The number of halogens is 1. The molecule has 20 heavy (non-hydrogen) atoms. The third-order valence-corrected chi connectivity index (χ3v) is 6.51. The Hall–Kier alpha value is -0.580. The highest BCUT2D eigenvalue weighted by Crippen LogP contribution is 2.32. The molecule has 3 atom stereocenters. The monoisotopic (exact) mass is 315 g/mol. The molecule has 0 amide bonds. The predicted molar refractivity (Wildman–Crippen MR) is 82.9 cm³/mol. The maximum absolute atomic E-state index is 12.9. The van der Waals surface area contributed by atoms with Gasteiger partial charge in [-0.3, -0.25) is 0 Å². The average Bonchev–Trinajstić information content (AvgIpc) is 2.41. The second kappa shape index (κ2) is 6.46. The number of benzene rings is 1. The summed E-state index contributed by atoms with van der Waals surface area (Å²) in [5, 5.41) is 3.44. The molecule has 0 spiro atoms. The van der Waals surface area contributed by atoms with E-state index in [2.05, 4.69) is 12.2 Å². The summed E-state index contributed by atoms with van der Waals surface area (Å²) in [5.74, 6) is 0.448. The van der Waals surface area contributed by atoms with Gasteiger partial charge in [0.15, 0.2) is 9.84 Å². The van der Waals surface area contributed by atoms with Crippen molar-refractivity contribution in [1.82, 2.24) is 5.32 Å². The van der Waals surface area contributed by atoms with Crippen molar-refractivity contribution in [3.8, 4) is 0 Å². The second-order valence-electron chi connectivity index (χ2n) is 5.62. The SMILES string of the molecule is CCNC1CCC(C)CC1S(=O)(=O)c1cccc(Cl)c1. The van der Waals surface area contributed by atoms with E-state index in [9.17, 15) is 8.42 Å². The van der Waals surface area contributed by atoms with Crippen LogP contribution in [0.4, 0.5) is 0 Å². The van der Waals surface area contributed by atoms with E-state index in [0.717, 1.165) is 19.4 Å². The zero-order chi connectivity index (χ0) is 14.8. The van der Waals surface area contributed by atoms with E-state index in [4.69, 9.17) is 11.6 Å². The molecular weight excluding hydrogens is 294 g/mol. The van der Waals surface area contributed by atoms with E-state index in [1.807, 2.05) is 6.92 Å². The topological polar surface area (TPSA) is 46.2 Å². The molecular formula is C15H22ClNO2S. The Morgan fingerprint density at radius 3 is 2.75 bits per heavy atom. The highest BCUT2D eigenvalue weighted by atomic mass is 35.5. The first-order valence-electron chi connectivity index (χ1n) is 7.18. The number of hydrogen-bond acceptors (Lipinski definition) is 3. The van der Waals surface area contributed by atoms with Gasteiger partial charge in [0, 0.05) is 11.1 Å². The van der Waals surface area contributed by atoms with E-state index in [-0.39, 0.29) is 11.3 Å². The minimum Gasteiger partial charge on any atom is -0.313 e. The Kier molecular flexibility index (Phi) is 5.10. The van der Waals surface area contributed by atoms with Gasteiger partial charge in [0.25, 0.3) is 0 Å². The van der Waals surface area contributed by atoms with E-state index < -0.39 is 9.84 Å². The fourth-order valence-electron chi connectivity index (χ4n) is 2.99. The van der Waals surface area contributed by atoms with Crippen LogP contribution in [0.5, 0.6) is 0 Å². The Morgan fingerprint density at radius 1 is 1.35 bits per heavy atom. The van der Waals surface area contributed by atoms with Gasteiger partial charge in [0.1, 0.15) is 0 Å². The van der Waals surface area contributed by atoms with Gasteiger partial charge in [-0.05, 0) is 49.9 Å². The van der Waals surface area contributed by atoms with Crippen LogP contribution in [0.1, 0.15) is 33.1 Å². The zero-order valence-corrected chi connectivity index (χ0v) is 13.5. The van der Waals surface area contributed by atoms with Gasteiger partial charge in [0.05, 0.1) is 10.1 Å². The Morgan fingerprint density at radius 2 is 2.10 bits per heavy atom. The minimum absolute atomic E-state index is 0.0418. The van der Waals surface area contributed by atoms with Crippen molar-refractivity contribution in [2.75, 3.05) is 6.54 Å². The highest BCUT2D eigenvalue weighted by Gasteiger charge is 2.38. The van der Waals surface area contributed by atoms with Crippen molar-refractivity contribution in [1.29, 1.82) is 0 Å². The van der Waals surface area contributed by atoms with Crippen LogP contribution in [0.2, 0.25) is 5.02 Å². The van der Waals surface area contributed by atoms with Crippen LogP contribution in [0.25, 0.3) is 0 Å². The van der Waals surface area contributed by atoms with Crippen molar-refractivity contribution >= 4 is 21.4 Å². The smallest absolute Gasteiger partial charge is 0.182 e. The van der Waals surface area contributed by atoms with Gasteiger partial charge in [-0.2, -0.15) is 0 Å². The van der Waals surface area contributed by atoms with Crippen LogP contribution >= 0.6 is 11.6 Å². The largest absolute Gasteiger partial charge is 0.313 e. The van der Waals surface area contributed by atoms with E-state index in [0.29, 0.717) is 22.3 Å². The molecule has 0 saturated heterocycles. The number of nitrogens with one attached hydrogen (secondary N) is 1. The van der Waals surface area contributed by atoms with Crippen LogP contribution in [0.15, 0.2) is 29.2 Å². The highest BCUT2D eigenvalue weighted by molar-refractivity contribution is 7.92. The summed E-state index contributed by atoms with van der Waals surface area (Å²) in [4.78, 5) is 0.340. The van der Waals surface area contributed by atoms with E-state index >= 15 is 0 Å². The van der Waals surface area contributed by atoms with Gasteiger partial charge in [-0.25, -0.2) is 8.42 Å². The summed E-state index contributed by atoms with van der Waals surface area (Å²) in [6.45, 7) is 4.93. The fraction of sp³-hybridized carbons (Fsp3) is 0.600. The first-order chi connectivity index (χ1) is 9.45. The Balaban J connectivity index is 2.34. The summed E-state index contributed by atoms with van der Waals surface area (Å²) in [6.07, 6.45) is 2.71. The van der Waals surface area contributed by atoms with E-state index in [1.54, 1.807) is 24.3 Å². The zero-order valence-electron chi connectivity index (χ0n) is 12.0. The molecule has 3 nitrogen and oxygen atoms in total. The number of rotatable bonds is 4. The summed E-state index contributed by atoms with van der Waals surface area (Å²) in [7, 11) is -3.34. The molecule has 3 unspecified atom stereocenters. The molecule has 1 aliphatic rings. The molecule has 1 aliphatic carbocycles. The minimum atomic E-state index is -3.34. The van der Waals surface area contributed by atoms with Gasteiger partial charge in [-0.1, -0.05) is 31.5 Å². The first kappa shape index (κ1) is 15.8. The maximum Gasteiger partial charge on any atom is 0.182 e. The third kappa shape index (κ3) is 3.35. The molecule has 2 rings (SSSR count). The lowest BCUT2D eigenvalue weighted by Gasteiger charge is -2.35. The van der Waals surface area contributed by atoms with Crippen LogP contribution in [-0.4, -0.2) is 26.3 Å². The molecule has 0 bridgehead atoms. The molecule has 0 radical (unpaired) electrons. The Bertz CT molecular complexity index is 559. The van der Waals surface area contributed by atoms with Gasteiger partial charge >= 0.3 is 0 Å². The molecule has 1 fully saturated rings. The predicted octanol–water partition coefficient (Wildman–Crippen LogP) is 3.28. The molecule has 0 aromatic heterocycles. The lowest BCUT2D eigenvalue weighted by atomic mass is 9.87. The lowest BCUT2D eigenvalue weighted by molar-refractivity contribution is 0.311. The number of hydrogen-bond donors (Lipinski definition) is 1. The normalized spacial score (nSPS) is 27.4. The summed E-state index contributed by atoms with van der Waals surface area (Å²) in [6, 6.07) is 6.64. The number of sulfone groups is 1. The van der Waals surface area contributed by atoms with Crippen molar-refractivity contribution in [3.63, 3.8) is 0 Å². The molecule has 1 aromatic carbocycles. The summed E-state index contributed by atoms with van der Waals surface area (Å²) < 4.78 is 25.7. The average molecular weight is 316 g/mol. The molecule has 1 saturated carbocycles.